The van der Waals surface area contributed by atoms with Crippen LogP contribution in [0, 0.1) is 0 Å². The van der Waals surface area contributed by atoms with Crippen LogP contribution >= 0.6 is 15.9 Å². The Balaban J connectivity index is 2.22. The van der Waals surface area contributed by atoms with Crippen molar-refractivity contribution in [2.75, 3.05) is 5.32 Å². The Morgan fingerprint density at radius 1 is 1.37 bits per heavy atom. The predicted molar refractivity (Wildman–Crippen MR) is 77.2 cm³/mol. The number of carbonyl (C=O) groups excluding carboxylic acids is 1. The highest BCUT2D eigenvalue weighted by Gasteiger charge is 2.14. The molecule has 0 bridgehead atoms. The van der Waals surface area contributed by atoms with E-state index in [1.54, 1.807) is 23.1 Å². The van der Waals surface area contributed by atoms with Crippen LogP contribution in [0.4, 0.5) is 5.69 Å². The molecule has 0 spiro atoms. The van der Waals surface area contributed by atoms with Crippen molar-refractivity contribution < 1.29 is 4.79 Å². The van der Waals surface area contributed by atoms with Crippen molar-refractivity contribution in [2.24, 2.45) is 0 Å². The fraction of sp³-hybridized carbons (Fsp3) is 0.308. The van der Waals surface area contributed by atoms with Crippen molar-refractivity contribution in [1.82, 2.24) is 14.8 Å². The van der Waals surface area contributed by atoms with E-state index in [1.165, 1.54) is 0 Å². The van der Waals surface area contributed by atoms with Gasteiger partial charge >= 0.3 is 0 Å². The lowest BCUT2D eigenvalue weighted by Gasteiger charge is -2.06. The quantitative estimate of drug-likeness (QED) is 0.941. The fourth-order valence-corrected chi connectivity index (χ4v) is 2.11. The van der Waals surface area contributed by atoms with Gasteiger partial charge in [-0.05, 0) is 41.4 Å². The van der Waals surface area contributed by atoms with Crippen LogP contribution in [0.5, 0.6) is 0 Å². The molecule has 0 unspecified atom stereocenters. The number of amides is 1. The van der Waals surface area contributed by atoms with Gasteiger partial charge in [-0.1, -0.05) is 6.92 Å². The summed E-state index contributed by atoms with van der Waals surface area (Å²) in [5, 5.41) is 7.18. The molecule has 100 valence electrons. The second-order valence-corrected chi connectivity index (χ2v) is 4.95. The Bertz CT molecular complexity index is 594. The van der Waals surface area contributed by atoms with Crippen LogP contribution in [0.3, 0.4) is 0 Å². The van der Waals surface area contributed by atoms with E-state index < -0.39 is 0 Å². The number of anilines is 1. The average Bonchev–Trinajstić information content (AvgIpc) is 2.82. The molecule has 6 heteroatoms. The minimum Gasteiger partial charge on any atom is -0.319 e. The van der Waals surface area contributed by atoms with Crippen LogP contribution in [-0.2, 0) is 13.0 Å². The first-order chi connectivity index (χ1) is 9.13. The fourth-order valence-electron chi connectivity index (χ4n) is 1.74. The molecule has 1 amide bonds. The number of nitrogens with one attached hydrogen (secondary N) is 1. The topological polar surface area (TPSA) is 59.8 Å². The van der Waals surface area contributed by atoms with Crippen molar-refractivity contribution in [3.63, 3.8) is 0 Å². The predicted octanol–water partition coefficient (Wildman–Crippen LogP) is 2.88. The van der Waals surface area contributed by atoms with Crippen molar-refractivity contribution in [3.8, 4) is 0 Å². The summed E-state index contributed by atoms with van der Waals surface area (Å²) in [4.78, 5) is 16.2. The molecule has 0 atom stereocenters. The summed E-state index contributed by atoms with van der Waals surface area (Å²) in [5.74, 6) is -0.172. The van der Waals surface area contributed by atoms with Gasteiger partial charge < -0.3 is 5.32 Å². The number of carbonyl (C=O) groups is 1. The molecule has 0 radical (unpaired) electrons. The van der Waals surface area contributed by atoms with E-state index in [0.29, 0.717) is 17.9 Å². The van der Waals surface area contributed by atoms with Gasteiger partial charge in [0.1, 0.15) is 5.69 Å². The van der Waals surface area contributed by atoms with Gasteiger partial charge in [-0.3, -0.25) is 14.5 Å². The summed E-state index contributed by atoms with van der Waals surface area (Å²) in [6.07, 6.45) is 4.09. The van der Waals surface area contributed by atoms with Crippen LogP contribution in [0.25, 0.3) is 0 Å². The minimum absolute atomic E-state index is 0.172. The van der Waals surface area contributed by atoms with E-state index in [1.807, 2.05) is 19.9 Å². The number of aryl methyl sites for hydroxylation is 2. The molecular formula is C13H15BrN4O. The molecule has 2 aromatic heterocycles. The van der Waals surface area contributed by atoms with Crippen LogP contribution < -0.4 is 5.32 Å². The first-order valence-corrected chi connectivity index (χ1v) is 6.92. The smallest absolute Gasteiger partial charge is 0.273 e. The highest BCUT2D eigenvalue weighted by molar-refractivity contribution is 9.10. The van der Waals surface area contributed by atoms with Gasteiger partial charge in [0, 0.05) is 17.2 Å². The maximum atomic E-state index is 12.2. The lowest BCUT2D eigenvalue weighted by Crippen LogP contribution is -2.17. The second kappa shape index (κ2) is 5.97. The second-order valence-electron chi connectivity index (χ2n) is 4.04. The molecule has 5 nitrogen and oxygen atoms in total. The third-order valence-electron chi connectivity index (χ3n) is 2.69. The third-order valence-corrected chi connectivity index (χ3v) is 3.12. The summed E-state index contributed by atoms with van der Waals surface area (Å²) in [6.45, 7) is 4.64. The van der Waals surface area contributed by atoms with Gasteiger partial charge in [-0.2, -0.15) is 5.10 Å². The Morgan fingerprint density at radius 2 is 2.16 bits per heavy atom. The van der Waals surface area contributed by atoms with Gasteiger partial charge in [0.25, 0.3) is 5.91 Å². The largest absolute Gasteiger partial charge is 0.319 e. The number of nitrogens with zero attached hydrogens (tertiary/aromatic N) is 3. The molecule has 19 heavy (non-hydrogen) atoms. The monoisotopic (exact) mass is 322 g/mol. The normalized spacial score (nSPS) is 10.5. The Morgan fingerprint density at radius 3 is 2.79 bits per heavy atom. The lowest BCUT2D eigenvalue weighted by atomic mass is 10.3. The molecule has 0 saturated heterocycles. The lowest BCUT2D eigenvalue weighted by molar-refractivity contribution is 0.101. The zero-order valence-electron chi connectivity index (χ0n) is 10.9. The molecule has 0 aliphatic rings. The Kier molecular flexibility index (Phi) is 4.31. The number of aromatic nitrogens is 3. The first-order valence-electron chi connectivity index (χ1n) is 6.12. The molecule has 2 rings (SSSR count). The highest BCUT2D eigenvalue weighted by Crippen LogP contribution is 2.15. The third kappa shape index (κ3) is 3.20. The Labute approximate surface area is 120 Å². The van der Waals surface area contributed by atoms with Gasteiger partial charge in [0.05, 0.1) is 17.6 Å². The van der Waals surface area contributed by atoms with Crippen LogP contribution in [0.1, 0.15) is 30.0 Å². The van der Waals surface area contributed by atoms with Crippen molar-refractivity contribution in [1.29, 1.82) is 0 Å². The van der Waals surface area contributed by atoms with E-state index in [2.05, 4.69) is 31.3 Å². The summed E-state index contributed by atoms with van der Waals surface area (Å²) in [5.41, 5.74) is 2.14. The number of hydrogen-bond donors (Lipinski definition) is 1. The van der Waals surface area contributed by atoms with E-state index >= 15 is 0 Å². The van der Waals surface area contributed by atoms with Crippen molar-refractivity contribution in [3.05, 3.63) is 40.4 Å². The van der Waals surface area contributed by atoms with E-state index in [9.17, 15) is 4.79 Å². The first kappa shape index (κ1) is 13.7. The summed E-state index contributed by atoms with van der Waals surface area (Å²) in [7, 11) is 0. The number of pyridine rings is 1. The zero-order valence-corrected chi connectivity index (χ0v) is 12.4. The minimum atomic E-state index is -0.172. The summed E-state index contributed by atoms with van der Waals surface area (Å²) >= 11 is 3.32. The molecular weight excluding hydrogens is 308 g/mol. The molecule has 0 aromatic carbocycles. The van der Waals surface area contributed by atoms with Crippen LogP contribution in [-0.4, -0.2) is 20.7 Å². The highest BCUT2D eigenvalue weighted by atomic mass is 79.9. The van der Waals surface area contributed by atoms with E-state index in [0.717, 1.165) is 16.6 Å². The van der Waals surface area contributed by atoms with Gasteiger partial charge in [0.15, 0.2) is 0 Å². The standard InChI is InChI=1S/C13H15BrN4O/c1-3-10-6-12(18(4-2)17-10)13(19)16-11-5-9(14)7-15-8-11/h5-8H,3-4H2,1-2H3,(H,16,19). The van der Waals surface area contributed by atoms with Crippen molar-refractivity contribution in [2.45, 2.75) is 26.8 Å². The van der Waals surface area contributed by atoms with Crippen LogP contribution in [0.2, 0.25) is 0 Å². The van der Waals surface area contributed by atoms with Crippen molar-refractivity contribution >= 4 is 27.5 Å². The molecule has 0 aliphatic carbocycles. The summed E-state index contributed by atoms with van der Waals surface area (Å²) < 4.78 is 2.53. The van der Waals surface area contributed by atoms with Gasteiger partial charge in [-0.25, -0.2) is 0 Å². The number of hydrogen-bond acceptors (Lipinski definition) is 3. The number of rotatable bonds is 4. The summed E-state index contributed by atoms with van der Waals surface area (Å²) in [6, 6.07) is 3.63. The maximum absolute atomic E-state index is 12.2. The van der Waals surface area contributed by atoms with E-state index in [-0.39, 0.29) is 5.91 Å². The molecule has 0 saturated carbocycles. The molecule has 2 heterocycles. The average molecular weight is 323 g/mol. The van der Waals surface area contributed by atoms with Crippen LogP contribution in [0.15, 0.2) is 29.0 Å². The maximum Gasteiger partial charge on any atom is 0.273 e. The number of halogens is 1. The molecule has 1 N–H and O–H groups in total. The zero-order chi connectivity index (χ0) is 13.8. The van der Waals surface area contributed by atoms with E-state index in [4.69, 9.17) is 0 Å². The van der Waals surface area contributed by atoms with Gasteiger partial charge in [0.2, 0.25) is 0 Å². The molecule has 0 fully saturated rings. The Hall–Kier alpha value is -1.69. The molecule has 0 aliphatic heterocycles. The SMILES string of the molecule is CCc1cc(C(=O)Nc2cncc(Br)c2)n(CC)n1. The van der Waals surface area contributed by atoms with Gasteiger partial charge in [-0.15, -0.1) is 0 Å². The molecule has 2 aromatic rings.